The number of ether oxygens (including phenoxy) is 2. The summed E-state index contributed by atoms with van der Waals surface area (Å²) in [7, 11) is 0. The average molecular weight is 341 g/mol. The van der Waals surface area contributed by atoms with Crippen LogP contribution in [0.2, 0.25) is 5.15 Å². The third-order valence-electron chi connectivity index (χ3n) is 2.87. The minimum atomic E-state index is -4.74. The van der Waals surface area contributed by atoms with E-state index in [1.165, 1.54) is 18.3 Å². The van der Waals surface area contributed by atoms with Gasteiger partial charge in [0.2, 0.25) is 5.88 Å². The third-order valence-corrected chi connectivity index (χ3v) is 3.16. The van der Waals surface area contributed by atoms with Gasteiger partial charge in [-0.1, -0.05) is 11.6 Å². The van der Waals surface area contributed by atoms with Crippen molar-refractivity contribution in [3.63, 3.8) is 0 Å². The van der Waals surface area contributed by atoms with Gasteiger partial charge in [-0.3, -0.25) is 0 Å². The molecule has 0 amide bonds. The Morgan fingerprint density at radius 1 is 0.870 bits per heavy atom. The van der Waals surface area contributed by atoms with Crippen molar-refractivity contribution in [1.29, 1.82) is 0 Å². The lowest BCUT2D eigenvalue weighted by atomic mass is 10.2. The van der Waals surface area contributed by atoms with Crippen molar-refractivity contribution in [3.8, 4) is 17.4 Å². The number of benzene rings is 1. The number of alkyl halides is 3. The van der Waals surface area contributed by atoms with Gasteiger partial charge in [-0.05, 0) is 41.8 Å². The van der Waals surface area contributed by atoms with Crippen LogP contribution in [0.25, 0.3) is 10.8 Å². The summed E-state index contributed by atoms with van der Waals surface area (Å²) in [6.07, 6.45) is -1.65. The van der Waals surface area contributed by atoms with Crippen molar-refractivity contribution in [2.24, 2.45) is 0 Å². The van der Waals surface area contributed by atoms with Crippen LogP contribution in [0, 0.1) is 0 Å². The van der Waals surface area contributed by atoms with Crippen LogP contribution in [0.4, 0.5) is 13.2 Å². The molecule has 3 rings (SSSR count). The van der Waals surface area contributed by atoms with E-state index in [2.05, 4.69) is 14.7 Å². The molecule has 0 saturated heterocycles. The fourth-order valence-electron chi connectivity index (χ4n) is 1.95. The third kappa shape index (κ3) is 3.62. The first-order chi connectivity index (χ1) is 10.9. The van der Waals surface area contributed by atoms with Crippen molar-refractivity contribution in [2.75, 3.05) is 0 Å². The zero-order valence-corrected chi connectivity index (χ0v) is 12.1. The summed E-state index contributed by atoms with van der Waals surface area (Å²) in [5, 5.41) is 1.53. The Kier molecular flexibility index (Phi) is 3.96. The zero-order chi connectivity index (χ0) is 16.4. The van der Waals surface area contributed by atoms with Crippen LogP contribution >= 0.6 is 11.6 Å². The Labute approximate surface area is 133 Å². The van der Waals surface area contributed by atoms with Gasteiger partial charge >= 0.3 is 6.36 Å². The minimum absolute atomic E-state index is 0.213. The quantitative estimate of drug-likeness (QED) is 0.631. The minimum Gasteiger partial charge on any atom is -0.438 e. The molecule has 0 radical (unpaired) electrons. The maximum Gasteiger partial charge on any atom is 0.573 e. The normalized spacial score (nSPS) is 11.5. The van der Waals surface area contributed by atoms with Crippen molar-refractivity contribution in [2.45, 2.75) is 6.36 Å². The number of hydrogen-bond donors (Lipinski definition) is 0. The number of rotatable bonds is 3. The monoisotopic (exact) mass is 340 g/mol. The lowest BCUT2D eigenvalue weighted by molar-refractivity contribution is -0.274. The van der Waals surface area contributed by atoms with Gasteiger partial charge in [-0.2, -0.15) is 0 Å². The van der Waals surface area contributed by atoms with Gasteiger partial charge in [-0.25, -0.2) is 9.97 Å². The molecule has 0 saturated carbocycles. The van der Waals surface area contributed by atoms with Crippen molar-refractivity contribution < 1.29 is 22.6 Å². The molecule has 0 bridgehead atoms. The molecule has 0 fully saturated rings. The van der Waals surface area contributed by atoms with E-state index < -0.39 is 6.36 Å². The van der Waals surface area contributed by atoms with E-state index in [9.17, 15) is 13.2 Å². The molecule has 0 atom stereocenters. The topological polar surface area (TPSA) is 44.2 Å². The molecule has 2 heterocycles. The number of fused-ring (bicyclic) bond motifs is 1. The Hall–Kier alpha value is -2.54. The lowest BCUT2D eigenvalue weighted by Crippen LogP contribution is -2.16. The van der Waals surface area contributed by atoms with E-state index in [1.54, 1.807) is 18.3 Å². The van der Waals surface area contributed by atoms with Crippen LogP contribution in [0.3, 0.4) is 0 Å². The Morgan fingerprint density at radius 2 is 1.48 bits per heavy atom. The summed E-state index contributed by atoms with van der Waals surface area (Å²) < 4.78 is 45.7. The van der Waals surface area contributed by atoms with Crippen LogP contribution in [0.1, 0.15) is 0 Å². The van der Waals surface area contributed by atoms with E-state index >= 15 is 0 Å². The molecule has 0 aliphatic heterocycles. The standard InChI is InChI=1S/C15H8ClF3N2O2/c16-13-12-9(5-7-20-13)6-8-21-14(12)22-10-1-3-11(4-2-10)23-15(17,18)19/h1-8H. The van der Waals surface area contributed by atoms with Gasteiger partial charge in [-0.15, -0.1) is 13.2 Å². The van der Waals surface area contributed by atoms with Crippen LogP contribution in [0.15, 0.2) is 48.8 Å². The smallest absolute Gasteiger partial charge is 0.438 e. The molecule has 0 aliphatic carbocycles. The van der Waals surface area contributed by atoms with Crippen LogP contribution in [-0.2, 0) is 0 Å². The van der Waals surface area contributed by atoms with Gasteiger partial charge in [0, 0.05) is 12.4 Å². The van der Waals surface area contributed by atoms with Crippen molar-refractivity contribution >= 4 is 22.4 Å². The molecule has 0 spiro atoms. The summed E-state index contributed by atoms with van der Waals surface area (Å²) in [6, 6.07) is 8.46. The molecule has 118 valence electrons. The van der Waals surface area contributed by atoms with E-state index in [0.29, 0.717) is 11.1 Å². The maximum atomic E-state index is 12.1. The van der Waals surface area contributed by atoms with Gasteiger partial charge < -0.3 is 9.47 Å². The number of pyridine rings is 2. The van der Waals surface area contributed by atoms with Gasteiger partial charge in [0.15, 0.2) is 0 Å². The van der Waals surface area contributed by atoms with E-state index in [4.69, 9.17) is 16.3 Å². The Bertz CT molecular complexity index is 833. The summed E-state index contributed by atoms with van der Waals surface area (Å²) in [4.78, 5) is 8.05. The summed E-state index contributed by atoms with van der Waals surface area (Å²) in [5.41, 5.74) is 0. The largest absolute Gasteiger partial charge is 0.573 e. The number of nitrogens with zero attached hydrogens (tertiary/aromatic N) is 2. The highest BCUT2D eigenvalue weighted by Crippen LogP contribution is 2.32. The number of hydrogen-bond acceptors (Lipinski definition) is 4. The molecule has 0 N–H and O–H groups in total. The molecule has 23 heavy (non-hydrogen) atoms. The number of aromatic nitrogens is 2. The van der Waals surface area contributed by atoms with Crippen LogP contribution < -0.4 is 9.47 Å². The first-order valence-corrected chi connectivity index (χ1v) is 6.73. The van der Waals surface area contributed by atoms with E-state index in [0.717, 1.165) is 17.5 Å². The maximum absolute atomic E-state index is 12.1. The highest BCUT2D eigenvalue weighted by molar-refractivity contribution is 6.34. The van der Waals surface area contributed by atoms with Crippen LogP contribution in [-0.4, -0.2) is 16.3 Å². The van der Waals surface area contributed by atoms with Gasteiger partial charge in [0.05, 0.1) is 5.39 Å². The molecule has 2 aromatic heterocycles. The van der Waals surface area contributed by atoms with Gasteiger partial charge in [0.25, 0.3) is 0 Å². The first-order valence-electron chi connectivity index (χ1n) is 6.35. The second kappa shape index (κ2) is 5.92. The fourth-order valence-corrected chi connectivity index (χ4v) is 2.20. The molecule has 1 aromatic carbocycles. The predicted octanol–water partition coefficient (Wildman–Crippen LogP) is 4.97. The van der Waals surface area contributed by atoms with E-state index in [-0.39, 0.29) is 16.8 Å². The molecule has 3 aromatic rings. The Morgan fingerprint density at radius 3 is 2.13 bits per heavy atom. The molecule has 0 unspecified atom stereocenters. The van der Waals surface area contributed by atoms with E-state index in [1.807, 2.05) is 0 Å². The van der Waals surface area contributed by atoms with Crippen LogP contribution in [0.5, 0.6) is 17.4 Å². The molecular weight excluding hydrogens is 333 g/mol. The highest BCUT2D eigenvalue weighted by atomic mass is 35.5. The average Bonchev–Trinajstić information content (AvgIpc) is 2.48. The van der Waals surface area contributed by atoms with Gasteiger partial charge in [0.1, 0.15) is 16.7 Å². The molecule has 8 heteroatoms. The number of halogens is 4. The molecular formula is C15H8ClF3N2O2. The lowest BCUT2D eigenvalue weighted by Gasteiger charge is -2.11. The second-order valence-electron chi connectivity index (χ2n) is 4.44. The summed E-state index contributed by atoms with van der Waals surface area (Å²) >= 11 is 6.05. The van der Waals surface area contributed by atoms with Crippen molar-refractivity contribution in [3.05, 3.63) is 53.9 Å². The first kappa shape index (κ1) is 15.4. The SMILES string of the molecule is FC(F)(F)Oc1ccc(Oc2nccc3ccnc(Cl)c23)cc1. The molecule has 0 aliphatic rings. The molecule has 4 nitrogen and oxygen atoms in total. The fraction of sp³-hybridized carbons (Fsp3) is 0.0667. The van der Waals surface area contributed by atoms with Crippen molar-refractivity contribution in [1.82, 2.24) is 9.97 Å². The summed E-state index contributed by atoms with van der Waals surface area (Å²) in [6.45, 7) is 0. The second-order valence-corrected chi connectivity index (χ2v) is 4.80. The summed E-state index contributed by atoms with van der Waals surface area (Å²) in [5.74, 6) is 0.167. The Balaban J connectivity index is 1.88. The highest BCUT2D eigenvalue weighted by Gasteiger charge is 2.31. The predicted molar refractivity (Wildman–Crippen MR) is 77.7 cm³/mol. The zero-order valence-electron chi connectivity index (χ0n) is 11.3.